The third-order valence-electron chi connectivity index (χ3n) is 5.28. The molecule has 0 aromatic heterocycles. The van der Waals surface area contributed by atoms with Gasteiger partial charge in [-0.2, -0.15) is 0 Å². The van der Waals surface area contributed by atoms with Gasteiger partial charge in [-0.15, -0.1) is 11.6 Å². The number of alkyl halides is 1. The van der Waals surface area contributed by atoms with Crippen LogP contribution in [0.4, 0.5) is 0 Å². The summed E-state index contributed by atoms with van der Waals surface area (Å²) in [6, 6.07) is 0. The van der Waals surface area contributed by atoms with Gasteiger partial charge in [-0.05, 0) is 61.7 Å². The lowest BCUT2D eigenvalue weighted by Gasteiger charge is -2.57. The summed E-state index contributed by atoms with van der Waals surface area (Å²) in [6.07, 6.45) is 8.47. The van der Waals surface area contributed by atoms with Crippen molar-refractivity contribution in [1.82, 2.24) is 4.90 Å². The summed E-state index contributed by atoms with van der Waals surface area (Å²) in [5.74, 6) is 3.09. The highest BCUT2D eigenvalue weighted by Crippen LogP contribution is 2.60. The maximum absolute atomic E-state index is 11.6. The monoisotopic (exact) mass is 255 g/mol. The van der Waals surface area contributed by atoms with E-state index in [2.05, 4.69) is 0 Å². The summed E-state index contributed by atoms with van der Waals surface area (Å²) in [7, 11) is 1.92. The van der Waals surface area contributed by atoms with Crippen molar-refractivity contribution in [3.05, 3.63) is 0 Å². The summed E-state index contributed by atoms with van der Waals surface area (Å²) < 4.78 is 0. The number of hydrogen-bond acceptors (Lipinski definition) is 1. The Kier molecular flexibility index (Phi) is 2.89. The highest BCUT2D eigenvalue weighted by molar-refractivity contribution is 6.27. The second-order valence-electron chi connectivity index (χ2n) is 6.80. The third-order valence-corrected chi connectivity index (χ3v) is 5.51. The molecule has 0 saturated heterocycles. The van der Waals surface area contributed by atoms with Gasteiger partial charge < -0.3 is 4.90 Å². The Labute approximate surface area is 109 Å². The smallest absolute Gasteiger partial charge is 0.237 e. The van der Waals surface area contributed by atoms with Gasteiger partial charge in [-0.3, -0.25) is 4.79 Å². The van der Waals surface area contributed by atoms with Crippen molar-refractivity contribution in [2.24, 2.45) is 23.2 Å². The standard InChI is InChI=1S/C14H22ClNO/c1-16(13(17)8-15)9-14-5-10-2-11(6-14)4-12(3-10)7-14/h10-12H,2-9H2,1H3. The van der Waals surface area contributed by atoms with Gasteiger partial charge in [0, 0.05) is 13.6 Å². The largest absolute Gasteiger partial charge is 0.344 e. The van der Waals surface area contributed by atoms with Crippen LogP contribution in [0, 0.1) is 23.2 Å². The van der Waals surface area contributed by atoms with E-state index in [-0.39, 0.29) is 11.8 Å². The van der Waals surface area contributed by atoms with Gasteiger partial charge in [0.2, 0.25) is 5.91 Å². The highest BCUT2D eigenvalue weighted by Gasteiger charge is 2.51. The van der Waals surface area contributed by atoms with Crippen molar-refractivity contribution in [3.63, 3.8) is 0 Å². The van der Waals surface area contributed by atoms with Crippen LogP contribution in [0.25, 0.3) is 0 Å². The first-order valence-electron chi connectivity index (χ1n) is 6.90. The molecule has 4 fully saturated rings. The van der Waals surface area contributed by atoms with E-state index < -0.39 is 0 Å². The molecule has 4 bridgehead atoms. The molecule has 4 aliphatic carbocycles. The Bertz CT molecular complexity index is 293. The predicted molar refractivity (Wildman–Crippen MR) is 69.0 cm³/mol. The van der Waals surface area contributed by atoms with Crippen molar-refractivity contribution >= 4 is 17.5 Å². The number of carbonyl (C=O) groups excluding carboxylic acids is 1. The summed E-state index contributed by atoms with van der Waals surface area (Å²) in [5, 5.41) is 0. The fourth-order valence-electron chi connectivity index (χ4n) is 5.18. The first-order chi connectivity index (χ1) is 8.10. The summed E-state index contributed by atoms with van der Waals surface area (Å²) in [4.78, 5) is 13.5. The Balaban J connectivity index is 1.72. The van der Waals surface area contributed by atoms with Crippen LogP contribution in [-0.2, 0) is 4.79 Å². The van der Waals surface area contributed by atoms with E-state index in [0.29, 0.717) is 5.41 Å². The molecule has 96 valence electrons. The van der Waals surface area contributed by atoms with Crippen molar-refractivity contribution < 1.29 is 4.79 Å². The number of carbonyl (C=O) groups is 1. The van der Waals surface area contributed by atoms with Gasteiger partial charge in [0.1, 0.15) is 5.88 Å². The molecule has 17 heavy (non-hydrogen) atoms. The molecule has 0 aromatic carbocycles. The van der Waals surface area contributed by atoms with Crippen LogP contribution in [0.5, 0.6) is 0 Å². The van der Waals surface area contributed by atoms with E-state index in [1.54, 1.807) is 0 Å². The molecular weight excluding hydrogens is 234 g/mol. The SMILES string of the molecule is CN(CC12CC3CC(CC(C3)C1)C2)C(=O)CCl. The fraction of sp³-hybridized carbons (Fsp3) is 0.929. The van der Waals surface area contributed by atoms with Crippen LogP contribution >= 0.6 is 11.6 Å². The van der Waals surface area contributed by atoms with Gasteiger partial charge in [0.15, 0.2) is 0 Å². The maximum Gasteiger partial charge on any atom is 0.237 e. The number of nitrogens with zero attached hydrogens (tertiary/aromatic N) is 1. The maximum atomic E-state index is 11.6. The second-order valence-corrected chi connectivity index (χ2v) is 7.07. The summed E-state index contributed by atoms with van der Waals surface area (Å²) in [5.41, 5.74) is 0.450. The zero-order valence-corrected chi connectivity index (χ0v) is 11.4. The second kappa shape index (κ2) is 4.15. The quantitative estimate of drug-likeness (QED) is 0.710. The molecule has 0 aliphatic heterocycles. The number of amides is 1. The first-order valence-corrected chi connectivity index (χ1v) is 7.43. The number of rotatable bonds is 3. The molecule has 1 amide bonds. The van der Waals surface area contributed by atoms with E-state index in [4.69, 9.17) is 11.6 Å². The Morgan fingerprint density at radius 2 is 1.65 bits per heavy atom. The predicted octanol–water partition coefficient (Wildman–Crippen LogP) is 2.90. The van der Waals surface area contributed by atoms with E-state index >= 15 is 0 Å². The molecule has 0 spiro atoms. The molecule has 0 atom stereocenters. The minimum absolute atomic E-state index is 0.0856. The molecular formula is C14H22ClNO. The highest BCUT2D eigenvalue weighted by atomic mass is 35.5. The van der Waals surface area contributed by atoms with Gasteiger partial charge in [0.25, 0.3) is 0 Å². The van der Waals surface area contributed by atoms with Crippen LogP contribution < -0.4 is 0 Å². The zero-order valence-electron chi connectivity index (χ0n) is 10.6. The Hall–Kier alpha value is -0.240. The van der Waals surface area contributed by atoms with Crippen molar-refractivity contribution in [3.8, 4) is 0 Å². The summed E-state index contributed by atoms with van der Waals surface area (Å²) in [6.45, 7) is 0.946. The van der Waals surface area contributed by atoms with E-state index in [9.17, 15) is 4.79 Å². The van der Waals surface area contributed by atoms with E-state index in [0.717, 1.165) is 24.3 Å². The molecule has 0 N–H and O–H groups in total. The van der Waals surface area contributed by atoms with Crippen molar-refractivity contribution in [2.75, 3.05) is 19.5 Å². The minimum atomic E-state index is 0.0856. The van der Waals surface area contributed by atoms with Gasteiger partial charge in [-0.25, -0.2) is 0 Å². The molecule has 0 heterocycles. The summed E-state index contributed by atoms with van der Waals surface area (Å²) >= 11 is 5.64. The lowest BCUT2D eigenvalue weighted by atomic mass is 9.49. The van der Waals surface area contributed by atoms with E-state index in [1.165, 1.54) is 38.5 Å². The normalized spacial score (nSPS) is 42.8. The number of hydrogen-bond donors (Lipinski definition) is 0. The molecule has 4 rings (SSSR count). The van der Waals surface area contributed by atoms with E-state index in [1.807, 2.05) is 11.9 Å². The first kappa shape index (κ1) is 11.8. The zero-order chi connectivity index (χ0) is 12.0. The Morgan fingerprint density at radius 1 is 1.18 bits per heavy atom. The molecule has 0 unspecified atom stereocenters. The van der Waals surface area contributed by atoms with Gasteiger partial charge in [-0.1, -0.05) is 0 Å². The van der Waals surface area contributed by atoms with Crippen LogP contribution in [-0.4, -0.2) is 30.3 Å². The molecule has 0 aromatic rings. The van der Waals surface area contributed by atoms with Crippen molar-refractivity contribution in [1.29, 1.82) is 0 Å². The van der Waals surface area contributed by atoms with Crippen molar-refractivity contribution in [2.45, 2.75) is 38.5 Å². The number of halogens is 1. The van der Waals surface area contributed by atoms with Crippen LogP contribution in [0.3, 0.4) is 0 Å². The lowest BCUT2D eigenvalue weighted by Crippen LogP contribution is -2.51. The Morgan fingerprint density at radius 3 is 2.06 bits per heavy atom. The molecule has 4 saturated carbocycles. The fourth-order valence-corrected chi connectivity index (χ4v) is 5.38. The average Bonchev–Trinajstić information content (AvgIpc) is 2.25. The van der Waals surface area contributed by atoms with Gasteiger partial charge >= 0.3 is 0 Å². The molecule has 4 aliphatic rings. The molecule has 0 radical (unpaired) electrons. The lowest BCUT2D eigenvalue weighted by molar-refractivity contribution is -0.132. The minimum Gasteiger partial charge on any atom is -0.344 e. The van der Waals surface area contributed by atoms with Crippen LogP contribution in [0.15, 0.2) is 0 Å². The average molecular weight is 256 g/mol. The third kappa shape index (κ3) is 2.09. The molecule has 3 heteroatoms. The topological polar surface area (TPSA) is 20.3 Å². The molecule has 2 nitrogen and oxygen atoms in total. The van der Waals surface area contributed by atoms with Crippen LogP contribution in [0.2, 0.25) is 0 Å². The van der Waals surface area contributed by atoms with Gasteiger partial charge in [0.05, 0.1) is 0 Å². The van der Waals surface area contributed by atoms with Crippen LogP contribution in [0.1, 0.15) is 38.5 Å².